The Kier molecular flexibility index (Phi) is 5.85. The van der Waals surface area contributed by atoms with Crippen LogP contribution in [0.15, 0.2) is 48.8 Å². The molecule has 0 spiro atoms. The summed E-state index contributed by atoms with van der Waals surface area (Å²) in [6.07, 6.45) is 3.40. The van der Waals surface area contributed by atoms with E-state index in [2.05, 4.69) is 9.97 Å². The molecule has 36 heavy (non-hydrogen) atoms. The standard InChI is InChI=1S/C26H25N5O5/c1-33-19-9-8-14(10-20(19)34-2)12-31-13-18-21(25(31)32)22(27)16-7-5-6-15(23(16)29-18)17-11-28-26(36-4)30-24(17)35-3/h5-11,13,32H,12,27H2,1-4H3. The number of para-hydroxylation sites is 1. The van der Waals surface area contributed by atoms with Gasteiger partial charge in [-0.1, -0.05) is 24.3 Å². The van der Waals surface area contributed by atoms with Gasteiger partial charge in [0.15, 0.2) is 11.5 Å². The summed E-state index contributed by atoms with van der Waals surface area (Å²) in [6, 6.07) is 11.4. The molecule has 0 aliphatic heterocycles. The first kappa shape index (κ1) is 23.0. The van der Waals surface area contributed by atoms with Gasteiger partial charge >= 0.3 is 6.01 Å². The van der Waals surface area contributed by atoms with Crippen molar-refractivity contribution in [3.63, 3.8) is 0 Å². The monoisotopic (exact) mass is 487 g/mol. The highest BCUT2D eigenvalue weighted by atomic mass is 16.5. The Morgan fingerprint density at radius 2 is 1.72 bits per heavy atom. The lowest BCUT2D eigenvalue weighted by Gasteiger charge is -2.12. The molecule has 3 N–H and O–H groups in total. The van der Waals surface area contributed by atoms with Gasteiger partial charge in [0.1, 0.15) is 0 Å². The molecule has 5 aromatic rings. The summed E-state index contributed by atoms with van der Waals surface area (Å²) in [5.74, 6) is 1.62. The van der Waals surface area contributed by atoms with Crippen LogP contribution in [0.2, 0.25) is 0 Å². The van der Waals surface area contributed by atoms with Crippen molar-refractivity contribution in [3.05, 3.63) is 54.4 Å². The van der Waals surface area contributed by atoms with Crippen LogP contribution in [0, 0.1) is 0 Å². The average Bonchev–Trinajstić information content (AvgIpc) is 3.22. The van der Waals surface area contributed by atoms with Crippen LogP contribution in [0.3, 0.4) is 0 Å². The van der Waals surface area contributed by atoms with Gasteiger partial charge in [-0.25, -0.2) is 9.97 Å². The van der Waals surface area contributed by atoms with Crippen LogP contribution in [-0.2, 0) is 6.54 Å². The Labute approximate surface area is 206 Å². The fourth-order valence-corrected chi connectivity index (χ4v) is 4.31. The van der Waals surface area contributed by atoms with Crippen LogP contribution in [0.4, 0.5) is 5.69 Å². The lowest BCUT2D eigenvalue weighted by Crippen LogP contribution is -1.99. The molecule has 2 aromatic carbocycles. The molecular weight excluding hydrogens is 462 g/mol. The molecule has 3 heterocycles. The molecule has 5 rings (SSSR count). The number of ether oxygens (including phenoxy) is 4. The highest BCUT2D eigenvalue weighted by Crippen LogP contribution is 2.41. The zero-order chi connectivity index (χ0) is 25.4. The van der Waals surface area contributed by atoms with E-state index in [1.165, 1.54) is 14.2 Å². The molecule has 0 saturated carbocycles. The van der Waals surface area contributed by atoms with Gasteiger partial charge in [0.2, 0.25) is 11.8 Å². The molecule has 0 radical (unpaired) electrons. The topological polar surface area (TPSA) is 127 Å². The van der Waals surface area contributed by atoms with Crippen molar-refractivity contribution in [2.24, 2.45) is 0 Å². The summed E-state index contributed by atoms with van der Waals surface area (Å²) in [6.45, 7) is 0.380. The maximum Gasteiger partial charge on any atom is 0.319 e. The zero-order valence-electron chi connectivity index (χ0n) is 20.3. The largest absolute Gasteiger partial charge is 0.494 e. The van der Waals surface area contributed by atoms with Crippen LogP contribution in [0.5, 0.6) is 29.3 Å². The number of nitrogens with two attached hydrogens (primary N) is 1. The Bertz CT molecular complexity index is 1600. The zero-order valence-corrected chi connectivity index (χ0v) is 20.3. The van der Waals surface area contributed by atoms with Crippen molar-refractivity contribution in [2.75, 3.05) is 34.2 Å². The van der Waals surface area contributed by atoms with E-state index in [1.54, 1.807) is 31.2 Å². The first-order valence-corrected chi connectivity index (χ1v) is 11.0. The maximum absolute atomic E-state index is 11.1. The number of methoxy groups -OCH3 is 4. The summed E-state index contributed by atoms with van der Waals surface area (Å²) in [4.78, 5) is 13.4. The number of rotatable bonds is 7. The van der Waals surface area contributed by atoms with E-state index in [0.29, 0.717) is 57.0 Å². The van der Waals surface area contributed by atoms with Gasteiger partial charge in [-0.3, -0.25) is 0 Å². The van der Waals surface area contributed by atoms with Crippen LogP contribution in [0.1, 0.15) is 5.56 Å². The van der Waals surface area contributed by atoms with Gasteiger partial charge in [0.05, 0.1) is 62.7 Å². The smallest absolute Gasteiger partial charge is 0.319 e. The Morgan fingerprint density at radius 3 is 2.44 bits per heavy atom. The van der Waals surface area contributed by atoms with Gasteiger partial charge < -0.3 is 34.4 Å². The van der Waals surface area contributed by atoms with Crippen LogP contribution in [0.25, 0.3) is 32.9 Å². The summed E-state index contributed by atoms with van der Waals surface area (Å²) >= 11 is 0. The van der Waals surface area contributed by atoms with Crippen LogP contribution in [-0.4, -0.2) is 53.1 Å². The van der Waals surface area contributed by atoms with Crippen molar-refractivity contribution in [2.45, 2.75) is 6.54 Å². The summed E-state index contributed by atoms with van der Waals surface area (Å²) < 4.78 is 23.0. The number of benzene rings is 2. The summed E-state index contributed by atoms with van der Waals surface area (Å²) in [7, 11) is 6.19. The minimum absolute atomic E-state index is 0.0300. The van der Waals surface area contributed by atoms with E-state index in [0.717, 1.165) is 11.1 Å². The van der Waals surface area contributed by atoms with Crippen LogP contribution < -0.4 is 24.7 Å². The molecular formula is C26H25N5O5. The minimum Gasteiger partial charge on any atom is -0.494 e. The van der Waals surface area contributed by atoms with Gasteiger partial charge in [0.25, 0.3) is 0 Å². The Morgan fingerprint density at radius 1 is 0.917 bits per heavy atom. The van der Waals surface area contributed by atoms with Crippen molar-refractivity contribution < 1.29 is 24.1 Å². The Hall–Kier alpha value is -4.73. The fraction of sp³-hybridized carbons (Fsp3) is 0.192. The van der Waals surface area contributed by atoms with E-state index >= 15 is 0 Å². The van der Waals surface area contributed by atoms with Crippen molar-refractivity contribution >= 4 is 27.5 Å². The molecule has 0 aliphatic carbocycles. The number of pyridine rings is 1. The lowest BCUT2D eigenvalue weighted by atomic mass is 10.0. The molecule has 3 aromatic heterocycles. The molecule has 0 saturated heterocycles. The highest BCUT2D eigenvalue weighted by molar-refractivity contribution is 6.12. The molecule has 10 heteroatoms. The van der Waals surface area contributed by atoms with Gasteiger partial charge in [-0.05, 0) is 17.7 Å². The Balaban J connectivity index is 1.65. The fourth-order valence-electron chi connectivity index (χ4n) is 4.31. The lowest BCUT2D eigenvalue weighted by molar-refractivity contribution is 0.353. The SMILES string of the molecule is COc1ncc(-c2cccc3c(N)c4c(O)n(Cc5ccc(OC)c(OC)c5)cc4nc23)c(OC)n1. The van der Waals surface area contributed by atoms with Gasteiger partial charge in [-0.2, -0.15) is 4.98 Å². The summed E-state index contributed by atoms with van der Waals surface area (Å²) in [5.41, 5.74) is 10.5. The second-order valence-corrected chi connectivity index (χ2v) is 8.04. The number of aromatic hydroxyl groups is 1. The predicted molar refractivity (Wildman–Crippen MR) is 136 cm³/mol. The third-order valence-electron chi connectivity index (χ3n) is 6.06. The van der Waals surface area contributed by atoms with E-state index in [1.807, 2.05) is 36.4 Å². The minimum atomic E-state index is 0.0300. The quantitative estimate of drug-likeness (QED) is 0.350. The molecule has 0 bridgehead atoms. The predicted octanol–water partition coefficient (Wildman–Crippen LogP) is 4.02. The first-order chi connectivity index (χ1) is 17.5. The van der Waals surface area contributed by atoms with E-state index in [4.69, 9.17) is 29.7 Å². The number of aromatic nitrogens is 4. The second-order valence-electron chi connectivity index (χ2n) is 8.04. The molecule has 184 valence electrons. The van der Waals surface area contributed by atoms with Crippen molar-refractivity contribution in [1.82, 2.24) is 19.5 Å². The average molecular weight is 488 g/mol. The van der Waals surface area contributed by atoms with E-state index in [9.17, 15) is 5.11 Å². The molecule has 0 unspecified atom stereocenters. The number of nitrogens with zero attached hydrogens (tertiary/aromatic N) is 4. The number of hydrogen-bond acceptors (Lipinski definition) is 9. The molecule has 0 atom stereocenters. The third-order valence-corrected chi connectivity index (χ3v) is 6.06. The van der Waals surface area contributed by atoms with Gasteiger partial charge in [0, 0.05) is 23.3 Å². The maximum atomic E-state index is 11.1. The molecule has 0 aliphatic rings. The number of hydrogen-bond donors (Lipinski definition) is 2. The number of fused-ring (bicyclic) bond motifs is 2. The number of anilines is 1. The van der Waals surface area contributed by atoms with Crippen LogP contribution >= 0.6 is 0 Å². The van der Waals surface area contributed by atoms with Crippen molar-refractivity contribution in [1.29, 1.82) is 0 Å². The van der Waals surface area contributed by atoms with Crippen molar-refractivity contribution in [3.8, 4) is 40.4 Å². The normalized spacial score (nSPS) is 11.1. The van der Waals surface area contributed by atoms with Gasteiger partial charge in [-0.15, -0.1) is 0 Å². The first-order valence-electron chi connectivity index (χ1n) is 11.0. The molecule has 0 amide bonds. The number of nitrogen functional groups attached to an aromatic ring is 1. The van der Waals surface area contributed by atoms with E-state index < -0.39 is 0 Å². The second kappa shape index (κ2) is 9.14. The molecule has 10 nitrogen and oxygen atoms in total. The third kappa shape index (κ3) is 3.72. The summed E-state index contributed by atoms with van der Waals surface area (Å²) in [5, 5.41) is 12.3. The molecule has 0 fully saturated rings. The highest BCUT2D eigenvalue weighted by Gasteiger charge is 2.20. The van der Waals surface area contributed by atoms with E-state index in [-0.39, 0.29) is 11.9 Å².